The van der Waals surface area contributed by atoms with Crippen molar-refractivity contribution in [1.82, 2.24) is 14.6 Å². The predicted molar refractivity (Wildman–Crippen MR) is 72.6 cm³/mol. The molecule has 0 N–H and O–H groups in total. The van der Waals surface area contributed by atoms with Crippen LogP contribution in [0.15, 0.2) is 42.6 Å². The van der Waals surface area contributed by atoms with Gasteiger partial charge in [-0.15, -0.1) is 0 Å². The number of carbonyl (C=O) groups is 1. The van der Waals surface area contributed by atoms with Crippen molar-refractivity contribution in [3.63, 3.8) is 0 Å². The molecular formula is C14H10ClN3O. The van der Waals surface area contributed by atoms with E-state index < -0.39 is 0 Å². The molecule has 3 aromatic rings. The van der Waals surface area contributed by atoms with E-state index in [0.717, 1.165) is 11.8 Å². The van der Waals surface area contributed by atoms with E-state index in [2.05, 4.69) is 10.1 Å². The molecule has 0 atom stereocenters. The first-order valence-corrected chi connectivity index (χ1v) is 6.17. The molecule has 3 rings (SSSR count). The molecule has 4 nitrogen and oxygen atoms in total. The summed E-state index contributed by atoms with van der Waals surface area (Å²) in [5.74, 6) is 0.699. The number of aromatic nitrogens is 3. The van der Waals surface area contributed by atoms with Gasteiger partial charge in [-0.2, -0.15) is 5.10 Å². The Morgan fingerprint density at radius 2 is 2.16 bits per heavy atom. The minimum atomic E-state index is 0.592. The fraction of sp³-hybridized carbons (Fsp3) is 0.0714. The Labute approximate surface area is 114 Å². The number of fused-ring (bicyclic) bond motifs is 1. The van der Waals surface area contributed by atoms with Crippen molar-refractivity contribution in [1.29, 1.82) is 0 Å². The first kappa shape index (κ1) is 11.9. The summed E-state index contributed by atoms with van der Waals surface area (Å²) in [6.07, 6.45) is 3.14. The Morgan fingerprint density at radius 1 is 1.26 bits per heavy atom. The van der Waals surface area contributed by atoms with Gasteiger partial charge in [0.15, 0.2) is 11.5 Å². The first-order valence-electron chi connectivity index (χ1n) is 5.79. The second kappa shape index (κ2) is 4.82. The molecule has 0 radical (unpaired) electrons. The van der Waals surface area contributed by atoms with Gasteiger partial charge in [0.05, 0.1) is 0 Å². The molecule has 1 aromatic carbocycles. The molecular weight excluding hydrogens is 262 g/mol. The number of hydrogen-bond donors (Lipinski definition) is 0. The summed E-state index contributed by atoms with van der Waals surface area (Å²) in [6, 6.07) is 11.0. The quantitative estimate of drug-likeness (QED) is 0.688. The largest absolute Gasteiger partial charge is 0.298 e. The Balaban J connectivity index is 1.95. The van der Waals surface area contributed by atoms with Crippen molar-refractivity contribution in [2.75, 3.05) is 0 Å². The fourth-order valence-electron chi connectivity index (χ4n) is 1.92. The number of halogens is 1. The lowest BCUT2D eigenvalue weighted by atomic mass is 10.1. The predicted octanol–water partition coefficient (Wildman–Crippen LogP) is 2.79. The van der Waals surface area contributed by atoms with Gasteiger partial charge in [0.2, 0.25) is 0 Å². The van der Waals surface area contributed by atoms with Crippen molar-refractivity contribution in [3.8, 4) is 0 Å². The molecule has 94 valence electrons. The zero-order valence-corrected chi connectivity index (χ0v) is 10.7. The molecule has 0 unspecified atom stereocenters. The van der Waals surface area contributed by atoms with Gasteiger partial charge in [-0.05, 0) is 29.8 Å². The van der Waals surface area contributed by atoms with Crippen molar-refractivity contribution in [3.05, 3.63) is 64.6 Å². The highest BCUT2D eigenvalue weighted by molar-refractivity contribution is 6.30. The summed E-state index contributed by atoms with van der Waals surface area (Å²) in [5.41, 5.74) is 2.31. The monoisotopic (exact) mass is 271 g/mol. The summed E-state index contributed by atoms with van der Waals surface area (Å²) >= 11 is 5.94. The molecule has 0 amide bonds. The number of pyridine rings is 1. The molecule has 0 fully saturated rings. The van der Waals surface area contributed by atoms with Gasteiger partial charge in [-0.3, -0.25) is 4.79 Å². The van der Waals surface area contributed by atoms with E-state index >= 15 is 0 Å². The highest BCUT2D eigenvalue weighted by Crippen LogP contribution is 2.14. The number of aldehydes is 1. The van der Waals surface area contributed by atoms with Crippen molar-refractivity contribution >= 4 is 23.5 Å². The lowest BCUT2D eigenvalue weighted by Gasteiger charge is -1.97. The maximum atomic E-state index is 10.7. The Hall–Kier alpha value is -2.20. The summed E-state index contributed by atoms with van der Waals surface area (Å²) in [5, 5.41) is 5.06. The van der Waals surface area contributed by atoms with E-state index in [-0.39, 0.29) is 0 Å². The highest BCUT2D eigenvalue weighted by Gasteiger charge is 2.05. The molecule has 0 aliphatic carbocycles. The van der Waals surface area contributed by atoms with Crippen molar-refractivity contribution in [2.45, 2.75) is 6.42 Å². The SMILES string of the molecule is O=Cc1ccn2nc(Cc3cccc(Cl)c3)nc2c1. The van der Waals surface area contributed by atoms with Crippen LogP contribution in [-0.4, -0.2) is 20.9 Å². The maximum absolute atomic E-state index is 10.7. The average molecular weight is 272 g/mol. The normalized spacial score (nSPS) is 10.8. The zero-order chi connectivity index (χ0) is 13.2. The Morgan fingerprint density at radius 3 is 2.95 bits per heavy atom. The van der Waals surface area contributed by atoms with E-state index in [1.54, 1.807) is 22.8 Å². The number of rotatable bonds is 3. The molecule has 0 aliphatic rings. The van der Waals surface area contributed by atoms with Crippen LogP contribution >= 0.6 is 11.6 Å². The minimum absolute atomic E-state index is 0.592. The summed E-state index contributed by atoms with van der Waals surface area (Å²) < 4.78 is 1.66. The van der Waals surface area contributed by atoms with E-state index in [0.29, 0.717) is 28.5 Å². The van der Waals surface area contributed by atoms with Crippen LogP contribution in [0.5, 0.6) is 0 Å². The Bertz CT molecular complexity index is 751. The van der Waals surface area contributed by atoms with Crippen LogP contribution < -0.4 is 0 Å². The van der Waals surface area contributed by atoms with E-state index in [4.69, 9.17) is 11.6 Å². The van der Waals surface area contributed by atoms with Gasteiger partial charge < -0.3 is 0 Å². The number of hydrogen-bond acceptors (Lipinski definition) is 3. The molecule has 0 saturated carbocycles. The third kappa shape index (κ3) is 2.48. The molecule has 2 aromatic heterocycles. The summed E-state index contributed by atoms with van der Waals surface area (Å²) in [7, 11) is 0. The molecule has 19 heavy (non-hydrogen) atoms. The van der Waals surface area contributed by atoms with E-state index in [1.807, 2.05) is 24.3 Å². The fourth-order valence-corrected chi connectivity index (χ4v) is 2.13. The lowest BCUT2D eigenvalue weighted by molar-refractivity contribution is 0.112. The second-order valence-electron chi connectivity index (χ2n) is 4.22. The van der Waals surface area contributed by atoms with E-state index in [9.17, 15) is 4.79 Å². The smallest absolute Gasteiger partial charge is 0.156 e. The average Bonchev–Trinajstić information content (AvgIpc) is 2.79. The minimum Gasteiger partial charge on any atom is -0.298 e. The standard InChI is InChI=1S/C14H10ClN3O/c15-12-3-1-2-10(6-12)7-13-16-14-8-11(9-19)4-5-18(14)17-13/h1-6,8-9H,7H2. The molecule has 0 spiro atoms. The van der Waals surface area contributed by atoms with Crippen molar-refractivity contribution < 1.29 is 4.79 Å². The third-order valence-corrected chi connectivity index (χ3v) is 3.03. The van der Waals surface area contributed by atoms with Crippen LogP contribution in [0.4, 0.5) is 0 Å². The van der Waals surface area contributed by atoms with Crippen LogP contribution in [0.1, 0.15) is 21.7 Å². The zero-order valence-electron chi connectivity index (χ0n) is 9.95. The lowest BCUT2D eigenvalue weighted by Crippen LogP contribution is -1.92. The third-order valence-electron chi connectivity index (χ3n) is 2.79. The van der Waals surface area contributed by atoms with Crippen molar-refractivity contribution in [2.24, 2.45) is 0 Å². The number of benzene rings is 1. The van der Waals surface area contributed by atoms with E-state index in [1.165, 1.54) is 0 Å². The summed E-state index contributed by atoms with van der Waals surface area (Å²) in [6.45, 7) is 0. The van der Waals surface area contributed by atoms with Gasteiger partial charge in [0, 0.05) is 23.2 Å². The van der Waals surface area contributed by atoms with Crippen LogP contribution in [0.3, 0.4) is 0 Å². The first-order chi connectivity index (χ1) is 9.24. The number of nitrogens with zero attached hydrogens (tertiary/aromatic N) is 3. The molecule has 0 bridgehead atoms. The highest BCUT2D eigenvalue weighted by atomic mass is 35.5. The van der Waals surface area contributed by atoms with Gasteiger partial charge >= 0.3 is 0 Å². The van der Waals surface area contributed by atoms with Gasteiger partial charge in [-0.25, -0.2) is 9.50 Å². The van der Waals surface area contributed by atoms with Crippen LogP contribution in [0.25, 0.3) is 5.65 Å². The summed E-state index contributed by atoms with van der Waals surface area (Å²) in [4.78, 5) is 15.1. The van der Waals surface area contributed by atoms with Gasteiger partial charge in [-0.1, -0.05) is 23.7 Å². The van der Waals surface area contributed by atoms with Crippen LogP contribution in [0.2, 0.25) is 5.02 Å². The molecule has 0 saturated heterocycles. The topological polar surface area (TPSA) is 47.3 Å². The molecule has 5 heteroatoms. The molecule has 2 heterocycles. The number of carbonyl (C=O) groups excluding carboxylic acids is 1. The van der Waals surface area contributed by atoms with Gasteiger partial charge in [0.25, 0.3) is 0 Å². The van der Waals surface area contributed by atoms with Crippen LogP contribution in [0, 0.1) is 0 Å². The maximum Gasteiger partial charge on any atom is 0.156 e. The second-order valence-corrected chi connectivity index (χ2v) is 4.65. The Kier molecular flexibility index (Phi) is 3.01. The van der Waals surface area contributed by atoms with Crippen LogP contribution in [-0.2, 0) is 6.42 Å². The van der Waals surface area contributed by atoms with Gasteiger partial charge in [0.1, 0.15) is 6.29 Å². The molecule has 0 aliphatic heterocycles.